The average molecular weight is 318 g/mol. The van der Waals surface area contributed by atoms with Gasteiger partial charge in [-0.25, -0.2) is 8.42 Å². The van der Waals surface area contributed by atoms with Gasteiger partial charge in [0.05, 0.1) is 11.2 Å². The van der Waals surface area contributed by atoms with Crippen molar-refractivity contribution in [3.63, 3.8) is 0 Å². The van der Waals surface area contributed by atoms with Crippen LogP contribution in [-0.2, 0) is 14.8 Å². The maximum absolute atomic E-state index is 13.0. The van der Waals surface area contributed by atoms with Crippen LogP contribution in [0.4, 0.5) is 0 Å². The molecule has 122 valence electrons. The normalized spacial score (nSPS) is 33.0. The highest BCUT2D eigenvalue weighted by Crippen LogP contribution is 2.34. The molecule has 3 atom stereocenters. The molecule has 1 N–H and O–H groups in total. The molecule has 0 bridgehead atoms. The van der Waals surface area contributed by atoms with Crippen LogP contribution in [0.3, 0.4) is 0 Å². The predicted octanol–water partition coefficient (Wildman–Crippen LogP) is 0.986. The molecule has 2 aliphatic rings. The molecule has 1 aliphatic heterocycles. The van der Waals surface area contributed by atoms with Crippen LogP contribution in [0.15, 0.2) is 0 Å². The van der Waals surface area contributed by atoms with Crippen molar-refractivity contribution in [2.75, 3.05) is 26.7 Å². The van der Waals surface area contributed by atoms with Gasteiger partial charge in [0, 0.05) is 19.1 Å². The van der Waals surface area contributed by atoms with Gasteiger partial charge in [0.15, 0.2) is 0 Å². The average Bonchev–Trinajstić information content (AvgIpc) is 2.84. The van der Waals surface area contributed by atoms with E-state index in [9.17, 15) is 18.3 Å². The zero-order chi connectivity index (χ0) is 15.6. The van der Waals surface area contributed by atoms with Crippen molar-refractivity contribution >= 4 is 16.0 Å². The Bertz CT molecular complexity index is 479. The Kier molecular flexibility index (Phi) is 5.27. The van der Waals surface area contributed by atoms with Crippen molar-refractivity contribution in [1.29, 1.82) is 0 Å². The summed E-state index contributed by atoms with van der Waals surface area (Å²) in [5, 5.41) is 8.53. The van der Waals surface area contributed by atoms with Gasteiger partial charge < -0.3 is 10.0 Å². The molecule has 1 heterocycles. The van der Waals surface area contributed by atoms with Gasteiger partial charge in [-0.05, 0) is 39.3 Å². The maximum atomic E-state index is 13.0. The molecule has 2 rings (SSSR count). The number of nitrogens with zero attached hydrogens (tertiary/aromatic N) is 2. The largest absolute Gasteiger partial charge is 0.481 e. The SMILES string of the molecule is CCC1CN(C)CCCN1S(=O)(=O)C1CCCC1C(=O)O. The Morgan fingerprint density at radius 3 is 2.57 bits per heavy atom. The van der Waals surface area contributed by atoms with Crippen LogP contribution in [0.2, 0.25) is 0 Å². The minimum Gasteiger partial charge on any atom is -0.481 e. The first-order valence-corrected chi connectivity index (χ1v) is 9.30. The minimum absolute atomic E-state index is 0.0439. The summed E-state index contributed by atoms with van der Waals surface area (Å²) < 4.78 is 27.6. The Morgan fingerprint density at radius 1 is 1.24 bits per heavy atom. The fourth-order valence-electron chi connectivity index (χ4n) is 3.63. The molecule has 3 unspecified atom stereocenters. The monoisotopic (exact) mass is 318 g/mol. The van der Waals surface area contributed by atoms with Gasteiger partial charge in [-0.15, -0.1) is 0 Å². The Hall–Kier alpha value is -0.660. The van der Waals surface area contributed by atoms with E-state index in [1.54, 1.807) is 4.31 Å². The van der Waals surface area contributed by atoms with Gasteiger partial charge in [0.25, 0.3) is 0 Å². The van der Waals surface area contributed by atoms with Gasteiger partial charge >= 0.3 is 5.97 Å². The Morgan fingerprint density at radius 2 is 1.95 bits per heavy atom. The van der Waals surface area contributed by atoms with Crippen molar-refractivity contribution in [2.24, 2.45) is 5.92 Å². The predicted molar refractivity (Wildman–Crippen MR) is 80.6 cm³/mol. The van der Waals surface area contributed by atoms with Crippen molar-refractivity contribution < 1.29 is 18.3 Å². The summed E-state index contributed by atoms with van der Waals surface area (Å²) in [4.78, 5) is 13.5. The van der Waals surface area contributed by atoms with E-state index in [1.165, 1.54) is 0 Å². The van der Waals surface area contributed by atoms with Crippen LogP contribution >= 0.6 is 0 Å². The second kappa shape index (κ2) is 6.62. The van der Waals surface area contributed by atoms with Crippen LogP contribution in [0.25, 0.3) is 0 Å². The molecule has 0 aromatic rings. The summed E-state index contributed by atoms with van der Waals surface area (Å²) in [6, 6.07) is -0.0439. The molecule has 0 aromatic carbocycles. The van der Waals surface area contributed by atoms with Crippen LogP contribution < -0.4 is 0 Å². The molecule has 2 fully saturated rings. The zero-order valence-corrected chi connectivity index (χ0v) is 13.7. The summed E-state index contributed by atoms with van der Waals surface area (Å²) in [5.41, 5.74) is 0. The molecular weight excluding hydrogens is 292 g/mol. The standard InChI is InChI=1S/C14H26N2O4S/c1-3-11-10-15(2)8-5-9-16(11)21(19,20)13-7-4-6-12(13)14(17)18/h11-13H,3-10H2,1-2H3,(H,17,18). The number of hydrogen-bond acceptors (Lipinski definition) is 4. The lowest BCUT2D eigenvalue weighted by atomic mass is 10.1. The van der Waals surface area contributed by atoms with E-state index in [0.717, 1.165) is 25.9 Å². The fraction of sp³-hybridized carbons (Fsp3) is 0.929. The van der Waals surface area contributed by atoms with Crippen molar-refractivity contribution in [2.45, 2.75) is 50.3 Å². The number of carboxylic acid groups (broad SMARTS) is 1. The lowest BCUT2D eigenvalue weighted by molar-refractivity contribution is -0.141. The highest BCUT2D eigenvalue weighted by Gasteiger charge is 2.46. The summed E-state index contributed by atoms with van der Waals surface area (Å²) in [5.74, 6) is -1.71. The topological polar surface area (TPSA) is 77.9 Å². The van der Waals surface area contributed by atoms with Crippen LogP contribution in [0.5, 0.6) is 0 Å². The molecule has 0 amide bonds. The summed E-state index contributed by atoms with van der Waals surface area (Å²) in [6.07, 6.45) is 3.20. The summed E-state index contributed by atoms with van der Waals surface area (Å²) in [7, 11) is -1.53. The van der Waals surface area contributed by atoms with Crippen LogP contribution in [0.1, 0.15) is 39.0 Å². The van der Waals surface area contributed by atoms with Crippen LogP contribution in [0, 0.1) is 5.92 Å². The number of likely N-dealkylation sites (N-methyl/N-ethyl adjacent to an activating group) is 1. The minimum atomic E-state index is -3.54. The quantitative estimate of drug-likeness (QED) is 0.836. The van der Waals surface area contributed by atoms with E-state index in [4.69, 9.17) is 0 Å². The molecule has 6 nitrogen and oxygen atoms in total. The molecule has 0 aromatic heterocycles. The molecule has 0 spiro atoms. The molecule has 0 radical (unpaired) electrons. The third kappa shape index (κ3) is 3.40. The van der Waals surface area contributed by atoms with Crippen molar-refractivity contribution in [3.05, 3.63) is 0 Å². The fourth-order valence-corrected chi connectivity index (χ4v) is 6.12. The van der Waals surface area contributed by atoms with E-state index < -0.39 is 27.2 Å². The lowest BCUT2D eigenvalue weighted by Gasteiger charge is -2.32. The van der Waals surface area contributed by atoms with E-state index in [1.807, 2.05) is 14.0 Å². The Balaban J connectivity index is 2.26. The highest BCUT2D eigenvalue weighted by atomic mass is 32.2. The van der Waals surface area contributed by atoms with E-state index >= 15 is 0 Å². The molecule has 21 heavy (non-hydrogen) atoms. The van der Waals surface area contributed by atoms with E-state index in [0.29, 0.717) is 25.8 Å². The van der Waals surface area contributed by atoms with E-state index in [2.05, 4.69) is 4.90 Å². The molecule has 7 heteroatoms. The van der Waals surface area contributed by atoms with Gasteiger partial charge in [-0.3, -0.25) is 4.79 Å². The second-order valence-corrected chi connectivity index (χ2v) is 8.35. The van der Waals surface area contributed by atoms with Crippen molar-refractivity contribution in [3.8, 4) is 0 Å². The number of rotatable bonds is 4. The van der Waals surface area contributed by atoms with Gasteiger partial charge in [0.1, 0.15) is 0 Å². The number of sulfonamides is 1. The third-order valence-corrected chi connectivity index (χ3v) is 7.26. The number of carbonyl (C=O) groups is 1. The first kappa shape index (κ1) is 16.7. The summed E-state index contributed by atoms with van der Waals surface area (Å²) >= 11 is 0. The number of aliphatic carboxylic acids is 1. The van der Waals surface area contributed by atoms with Gasteiger partial charge in [0.2, 0.25) is 10.0 Å². The van der Waals surface area contributed by atoms with Crippen LogP contribution in [-0.4, -0.2) is 66.7 Å². The van der Waals surface area contributed by atoms with Crippen molar-refractivity contribution in [1.82, 2.24) is 9.21 Å². The second-order valence-electron chi connectivity index (χ2n) is 6.25. The lowest BCUT2D eigenvalue weighted by Crippen LogP contribution is -2.49. The molecular formula is C14H26N2O4S. The molecule has 1 saturated heterocycles. The van der Waals surface area contributed by atoms with Gasteiger partial charge in [-0.2, -0.15) is 4.31 Å². The Labute approximate surface area is 127 Å². The number of carboxylic acids is 1. The number of hydrogen-bond donors (Lipinski definition) is 1. The zero-order valence-electron chi connectivity index (χ0n) is 12.9. The molecule has 1 saturated carbocycles. The highest BCUT2D eigenvalue weighted by molar-refractivity contribution is 7.89. The molecule has 1 aliphatic carbocycles. The van der Waals surface area contributed by atoms with Gasteiger partial charge in [-0.1, -0.05) is 13.3 Å². The maximum Gasteiger partial charge on any atom is 0.307 e. The third-order valence-electron chi connectivity index (χ3n) is 4.80. The van der Waals surface area contributed by atoms with E-state index in [-0.39, 0.29) is 6.04 Å². The smallest absolute Gasteiger partial charge is 0.307 e. The first-order chi connectivity index (χ1) is 9.87. The summed E-state index contributed by atoms with van der Waals surface area (Å²) in [6.45, 7) is 4.11. The first-order valence-electron chi connectivity index (χ1n) is 7.80.